The Kier molecular flexibility index (Phi) is 5.53. The van der Waals surface area contributed by atoms with Gasteiger partial charge in [0.25, 0.3) is 5.91 Å². The minimum absolute atomic E-state index is 0.130. The first-order chi connectivity index (χ1) is 17.0. The largest absolute Gasteiger partial charge is 0.485 e. The number of ether oxygens (including phenoxy) is 2. The lowest BCUT2D eigenvalue weighted by Gasteiger charge is -2.11. The molecule has 2 heterocycles. The first kappa shape index (κ1) is 21.6. The number of benzene rings is 3. The number of aromatic amines is 1. The van der Waals surface area contributed by atoms with Crippen LogP contribution in [0.3, 0.4) is 0 Å². The minimum atomic E-state index is -0.695. The molecule has 3 N–H and O–H groups in total. The van der Waals surface area contributed by atoms with E-state index < -0.39 is 5.91 Å². The van der Waals surface area contributed by atoms with Crippen molar-refractivity contribution >= 4 is 33.4 Å². The van der Waals surface area contributed by atoms with Gasteiger partial charge in [0.1, 0.15) is 11.5 Å². The third kappa shape index (κ3) is 4.36. The molecular weight excluding hydrogens is 446 g/mol. The molecule has 9 heteroatoms. The molecule has 0 saturated heterocycles. The number of carbonyl (C=O) groups excluding carboxylic acids is 2. The Balaban J connectivity index is 1.37. The van der Waals surface area contributed by atoms with Crippen molar-refractivity contribution in [2.45, 2.75) is 0 Å². The molecule has 1 amide bonds. The SMILES string of the molecule is N#Cc1ccc2cc(OCC(=O)c3c[nH]c4cc(Oc5cnccn5)ccc34)c(C(N)=O)cc2c1. The number of carbonyl (C=O) groups is 2. The molecule has 0 aliphatic carbocycles. The van der Waals surface area contributed by atoms with Gasteiger partial charge in [-0.15, -0.1) is 0 Å². The van der Waals surface area contributed by atoms with Crippen molar-refractivity contribution in [1.82, 2.24) is 15.0 Å². The van der Waals surface area contributed by atoms with Crippen LogP contribution in [0.25, 0.3) is 21.7 Å². The van der Waals surface area contributed by atoms with Gasteiger partial charge >= 0.3 is 0 Å². The van der Waals surface area contributed by atoms with Gasteiger partial charge in [-0.25, -0.2) is 4.98 Å². The molecule has 2 aromatic heterocycles. The van der Waals surface area contributed by atoms with Crippen molar-refractivity contribution in [3.63, 3.8) is 0 Å². The van der Waals surface area contributed by atoms with Gasteiger partial charge in [0.2, 0.25) is 11.7 Å². The number of primary amides is 1. The summed E-state index contributed by atoms with van der Waals surface area (Å²) in [6.45, 7) is -0.299. The summed E-state index contributed by atoms with van der Waals surface area (Å²) in [5, 5.41) is 11.2. The van der Waals surface area contributed by atoms with Crippen LogP contribution in [0.5, 0.6) is 17.4 Å². The summed E-state index contributed by atoms with van der Waals surface area (Å²) >= 11 is 0. The number of rotatable bonds is 7. The number of nitrogens with one attached hydrogen (secondary N) is 1. The second kappa shape index (κ2) is 8.96. The summed E-state index contributed by atoms with van der Waals surface area (Å²) in [7, 11) is 0. The fourth-order valence-corrected chi connectivity index (χ4v) is 3.74. The van der Waals surface area contributed by atoms with Crippen molar-refractivity contribution in [2.75, 3.05) is 6.61 Å². The number of amides is 1. The standard InChI is InChI=1S/C26H17N5O4/c27-11-15-1-2-16-9-24(20(26(28)33)8-17(16)7-15)34-14-23(32)21-12-31-22-10-18(3-4-19(21)22)35-25-13-29-5-6-30-25/h1-10,12-13,31H,14H2,(H2,28,33). The first-order valence-electron chi connectivity index (χ1n) is 10.5. The molecular formula is C26H17N5O4. The molecule has 0 radical (unpaired) electrons. The molecule has 3 aromatic carbocycles. The van der Waals surface area contributed by atoms with E-state index in [4.69, 9.17) is 20.5 Å². The fourth-order valence-electron chi connectivity index (χ4n) is 3.74. The number of hydrogen-bond acceptors (Lipinski definition) is 7. The van der Waals surface area contributed by atoms with Gasteiger partial charge in [-0.3, -0.25) is 14.6 Å². The quantitative estimate of drug-likeness (QED) is 0.345. The van der Waals surface area contributed by atoms with Gasteiger partial charge in [0, 0.05) is 41.1 Å². The van der Waals surface area contributed by atoms with Crippen LogP contribution in [-0.2, 0) is 0 Å². The molecule has 35 heavy (non-hydrogen) atoms. The summed E-state index contributed by atoms with van der Waals surface area (Å²) < 4.78 is 11.4. The molecule has 0 unspecified atom stereocenters. The highest BCUT2D eigenvalue weighted by Gasteiger charge is 2.17. The van der Waals surface area contributed by atoms with Gasteiger partial charge in [0.05, 0.1) is 23.4 Å². The maximum Gasteiger partial charge on any atom is 0.252 e. The molecule has 0 fully saturated rings. The first-order valence-corrected chi connectivity index (χ1v) is 10.5. The smallest absolute Gasteiger partial charge is 0.252 e. The van der Waals surface area contributed by atoms with Gasteiger partial charge in [-0.2, -0.15) is 5.26 Å². The summed E-state index contributed by atoms with van der Waals surface area (Å²) in [5.41, 5.74) is 7.25. The Hall–Kier alpha value is -5.23. The lowest BCUT2D eigenvalue weighted by molar-refractivity contribution is 0.0914. The zero-order valence-corrected chi connectivity index (χ0v) is 18.2. The van der Waals surface area contributed by atoms with E-state index in [9.17, 15) is 9.59 Å². The number of hydrogen-bond donors (Lipinski definition) is 2. The number of fused-ring (bicyclic) bond motifs is 2. The molecule has 0 saturated carbocycles. The predicted octanol–water partition coefficient (Wildman–Crippen LogP) is 4.14. The number of ketones is 1. The number of nitrogens with zero attached hydrogens (tertiary/aromatic N) is 3. The van der Waals surface area contributed by atoms with Crippen molar-refractivity contribution in [1.29, 1.82) is 5.26 Å². The van der Waals surface area contributed by atoms with Crippen LogP contribution in [0.1, 0.15) is 26.3 Å². The van der Waals surface area contributed by atoms with E-state index in [1.165, 1.54) is 12.4 Å². The maximum absolute atomic E-state index is 13.0. The minimum Gasteiger partial charge on any atom is -0.485 e. The average molecular weight is 463 g/mol. The molecule has 0 atom stereocenters. The van der Waals surface area contributed by atoms with Crippen LogP contribution in [0.15, 0.2) is 73.3 Å². The molecule has 9 nitrogen and oxygen atoms in total. The average Bonchev–Trinajstić information content (AvgIpc) is 3.30. The Morgan fingerprint density at radius 3 is 2.69 bits per heavy atom. The summed E-state index contributed by atoms with van der Waals surface area (Å²) in [4.78, 5) is 36.1. The van der Waals surface area contributed by atoms with Crippen LogP contribution in [0, 0.1) is 11.3 Å². The summed E-state index contributed by atoms with van der Waals surface area (Å²) in [6.07, 6.45) is 6.18. The zero-order valence-electron chi connectivity index (χ0n) is 18.2. The predicted molar refractivity (Wildman–Crippen MR) is 127 cm³/mol. The second-order valence-corrected chi connectivity index (χ2v) is 7.65. The molecule has 0 aliphatic heterocycles. The Bertz CT molecular complexity index is 1640. The Labute approximate surface area is 198 Å². The van der Waals surface area contributed by atoms with E-state index in [1.807, 2.05) is 0 Å². The normalized spacial score (nSPS) is 10.7. The van der Waals surface area contributed by atoms with E-state index in [0.29, 0.717) is 39.0 Å². The van der Waals surface area contributed by atoms with Gasteiger partial charge in [-0.1, -0.05) is 6.07 Å². The number of nitriles is 1. The Morgan fingerprint density at radius 2 is 1.91 bits per heavy atom. The molecule has 0 bridgehead atoms. The summed E-state index contributed by atoms with van der Waals surface area (Å²) in [5.74, 6) is 0.112. The highest BCUT2D eigenvalue weighted by atomic mass is 16.5. The molecule has 5 aromatic rings. The number of H-pyrrole nitrogens is 1. The van der Waals surface area contributed by atoms with E-state index in [0.717, 1.165) is 5.39 Å². The molecule has 0 spiro atoms. The van der Waals surface area contributed by atoms with Crippen molar-refractivity contribution in [3.05, 3.63) is 90.0 Å². The van der Waals surface area contributed by atoms with E-state index >= 15 is 0 Å². The Morgan fingerprint density at radius 1 is 1.03 bits per heavy atom. The molecule has 170 valence electrons. The zero-order chi connectivity index (χ0) is 24.4. The van der Waals surface area contributed by atoms with E-state index in [2.05, 4.69) is 21.0 Å². The lowest BCUT2D eigenvalue weighted by atomic mass is 10.0. The highest BCUT2D eigenvalue weighted by Crippen LogP contribution is 2.29. The van der Waals surface area contributed by atoms with Crippen LogP contribution in [-0.4, -0.2) is 33.2 Å². The monoisotopic (exact) mass is 463 g/mol. The van der Waals surface area contributed by atoms with Crippen molar-refractivity contribution in [3.8, 4) is 23.4 Å². The summed E-state index contributed by atoms with van der Waals surface area (Å²) in [6, 6.07) is 15.6. The van der Waals surface area contributed by atoms with Crippen LogP contribution < -0.4 is 15.2 Å². The number of nitrogens with two attached hydrogens (primary N) is 1. The van der Waals surface area contributed by atoms with E-state index in [1.54, 1.807) is 60.9 Å². The lowest BCUT2D eigenvalue weighted by Crippen LogP contribution is -2.16. The second-order valence-electron chi connectivity index (χ2n) is 7.65. The van der Waals surface area contributed by atoms with Crippen molar-refractivity contribution in [2.24, 2.45) is 5.73 Å². The van der Waals surface area contributed by atoms with Gasteiger partial charge in [-0.05, 0) is 47.2 Å². The fraction of sp³-hybridized carbons (Fsp3) is 0.0385. The van der Waals surface area contributed by atoms with E-state index in [-0.39, 0.29) is 23.7 Å². The highest BCUT2D eigenvalue weighted by molar-refractivity contribution is 6.09. The van der Waals surface area contributed by atoms with Crippen LogP contribution >= 0.6 is 0 Å². The van der Waals surface area contributed by atoms with Gasteiger partial charge in [0.15, 0.2) is 6.61 Å². The third-order valence-electron chi connectivity index (χ3n) is 5.41. The third-order valence-corrected chi connectivity index (χ3v) is 5.41. The number of Topliss-reactive ketones (excluding diaryl/α,β-unsaturated/α-hetero) is 1. The van der Waals surface area contributed by atoms with Crippen LogP contribution in [0.2, 0.25) is 0 Å². The van der Waals surface area contributed by atoms with Crippen molar-refractivity contribution < 1.29 is 19.1 Å². The number of aromatic nitrogens is 3. The topological polar surface area (TPSA) is 144 Å². The molecule has 5 rings (SSSR count). The van der Waals surface area contributed by atoms with Crippen LogP contribution in [0.4, 0.5) is 0 Å². The molecule has 0 aliphatic rings. The van der Waals surface area contributed by atoms with Gasteiger partial charge < -0.3 is 20.2 Å². The maximum atomic E-state index is 13.0.